The standard InChI is InChI=1S/C27H22N2O6S/c1-4-15-9-11-16(12-10-15)21-20(22(30)19-13-17-7-5-6-8-18(17)35-19)23(31)25(32)29(21)27-28-14(2)24(36-27)26(33)34-3/h5-13,21,31H,4H2,1-3H3. The second kappa shape index (κ2) is 9.09. The number of methoxy groups -OCH3 is 1. The van der Waals surface area contributed by atoms with Crippen LogP contribution in [0.4, 0.5) is 5.13 Å². The van der Waals surface area contributed by atoms with Crippen molar-refractivity contribution in [1.29, 1.82) is 0 Å². The number of hydrogen-bond acceptors (Lipinski definition) is 8. The Morgan fingerprint density at radius 1 is 1.17 bits per heavy atom. The summed E-state index contributed by atoms with van der Waals surface area (Å²) in [5.41, 5.74) is 2.47. The van der Waals surface area contributed by atoms with E-state index < -0.39 is 29.5 Å². The number of benzene rings is 2. The summed E-state index contributed by atoms with van der Waals surface area (Å²) in [6, 6.07) is 15.2. The minimum absolute atomic E-state index is 0.00754. The Kier molecular flexibility index (Phi) is 5.93. The molecule has 1 unspecified atom stereocenters. The molecular weight excluding hydrogens is 480 g/mol. The Balaban J connectivity index is 1.65. The van der Waals surface area contributed by atoms with Crippen molar-refractivity contribution in [2.75, 3.05) is 12.0 Å². The predicted octanol–water partition coefficient (Wildman–Crippen LogP) is 5.33. The minimum atomic E-state index is -0.972. The van der Waals surface area contributed by atoms with E-state index in [0.717, 1.165) is 28.7 Å². The number of hydrogen-bond donors (Lipinski definition) is 1. The SMILES string of the molecule is CCc1ccc(C2C(C(=O)c3cc4ccccc4o3)=C(O)C(=O)N2c2nc(C)c(C(=O)OC)s2)cc1. The molecule has 5 rings (SSSR count). The van der Waals surface area contributed by atoms with Crippen LogP contribution in [0.5, 0.6) is 0 Å². The van der Waals surface area contributed by atoms with Gasteiger partial charge in [0, 0.05) is 5.39 Å². The van der Waals surface area contributed by atoms with E-state index in [1.807, 2.05) is 43.3 Å². The van der Waals surface area contributed by atoms with Gasteiger partial charge in [0.2, 0.25) is 5.78 Å². The molecule has 2 aromatic carbocycles. The van der Waals surface area contributed by atoms with Gasteiger partial charge in [-0.25, -0.2) is 9.78 Å². The Morgan fingerprint density at radius 3 is 2.56 bits per heavy atom. The number of thiazole rings is 1. The van der Waals surface area contributed by atoms with Crippen LogP contribution in [0, 0.1) is 6.92 Å². The van der Waals surface area contributed by atoms with E-state index >= 15 is 0 Å². The van der Waals surface area contributed by atoms with Crippen LogP contribution in [-0.4, -0.2) is 34.9 Å². The van der Waals surface area contributed by atoms with Crippen LogP contribution < -0.4 is 4.90 Å². The van der Waals surface area contributed by atoms with E-state index in [4.69, 9.17) is 9.15 Å². The normalized spacial score (nSPS) is 15.7. The molecule has 1 aliphatic rings. The fraction of sp³-hybridized carbons (Fsp3) is 0.185. The molecule has 1 aliphatic heterocycles. The number of anilines is 1. The van der Waals surface area contributed by atoms with Crippen molar-refractivity contribution in [3.05, 3.63) is 93.4 Å². The highest BCUT2D eigenvalue weighted by Gasteiger charge is 2.47. The molecule has 0 radical (unpaired) electrons. The highest BCUT2D eigenvalue weighted by molar-refractivity contribution is 7.17. The summed E-state index contributed by atoms with van der Waals surface area (Å²) in [6.45, 7) is 3.65. The van der Waals surface area contributed by atoms with Crippen LogP contribution in [0.15, 0.2) is 70.3 Å². The van der Waals surface area contributed by atoms with Gasteiger partial charge in [-0.2, -0.15) is 0 Å². The first-order valence-corrected chi connectivity index (χ1v) is 12.1. The minimum Gasteiger partial charge on any atom is -0.503 e. The zero-order chi connectivity index (χ0) is 25.6. The van der Waals surface area contributed by atoms with Crippen molar-refractivity contribution in [3.8, 4) is 0 Å². The quantitative estimate of drug-likeness (QED) is 0.280. The molecule has 3 heterocycles. The molecule has 0 aliphatic carbocycles. The summed E-state index contributed by atoms with van der Waals surface area (Å²) in [4.78, 5) is 45.2. The van der Waals surface area contributed by atoms with E-state index in [1.54, 1.807) is 25.1 Å². The Morgan fingerprint density at radius 2 is 1.89 bits per heavy atom. The van der Waals surface area contributed by atoms with Gasteiger partial charge >= 0.3 is 5.97 Å². The topological polar surface area (TPSA) is 110 Å². The summed E-state index contributed by atoms with van der Waals surface area (Å²) in [5, 5.41) is 11.9. The van der Waals surface area contributed by atoms with Crippen molar-refractivity contribution in [2.24, 2.45) is 0 Å². The number of aryl methyl sites for hydroxylation is 2. The van der Waals surface area contributed by atoms with Crippen LogP contribution in [0.25, 0.3) is 11.0 Å². The molecule has 4 aromatic rings. The van der Waals surface area contributed by atoms with Crippen molar-refractivity contribution < 1.29 is 28.6 Å². The maximum absolute atomic E-state index is 13.7. The van der Waals surface area contributed by atoms with Gasteiger partial charge in [0.15, 0.2) is 16.7 Å². The van der Waals surface area contributed by atoms with Gasteiger partial charge in [0.1, 0.15) is 10.5 Å². The number of esters is 1. The van der Waals surface area contributed by atoms with Crippen molar-refractivity contribution in [2.45, 2.75) is 26.3 Å². The molecule has 0 bridgehead atoms. The fourth-order valence-corrected chi connectivity index (χ4v) is 5.29. The first-order chi connectivity index (χ1) is 17.3. The number of ether oxygens (including phenoxy) is 1. The number of rotatable bonds is 6. The second-order valence-electron chi connectivity index (χ2n) is 8.32. The molecule has 2 aromatic heterocycles. The Labute approximate surface area is 210 Å². The molecule has 182 valence electrons. The van der Waals surface area contributed by atoms with E-state index in [1.165, 1.54) is 12.0 Å². The van der Waals surface area contributed by atoms with Gasteiger partial charge in [-0.3, -0.25) is 14.5 Å². The third-order valence-electron chi connectivity index (χ3n) is 6.17. The fourth-order valence-electron chi connectivity index (χ4n) is 4.28. The van der Waals surface area contributed by atoms with Crippen LogP contribution in [0.1, 0.15) is 50.0 Å². The number of aliphatic hydroxyl groups excluding tert-OH is 1. The predicted molar refractivity (Wildman–Crippen MR) is 134 cm³/mol. The first-order valence-electron chi connectivity index (χ1n) is 11.3. The lowest BCUT2D eigenvalue weighted by Crippen LogP contribution is -2.31. The van der Waals surface area contributed by atoms with Gasteiger partial charge in [-0.15, -0.1) is 0 Å². The lowest BCUT2D eigenvalue weighted by Gasteiger charge is -2.24. The van der Waals surface area contributed by atoms with Crippen LogP contribution in [0.3, 0.4) is 0 Å². The van der Waals surface area contributed by atoms with Crippen LogP contribution >= 0.6 is 11.3 Å². The van der Waals surface area contributed by atoms with Crippen LogP contribution in [0.2, 0.25) is 0 Å². The summed E-state index contributed by atoms with van der Waals surface area (Å²) in [5.74, 6) is -2.65. The van der Waals surface area contributed by atoms with Crippen molar-refractivity contribution in [1.82, 2.24) is 4.98 Å². The lowest BCUT2D eigenvalue weighted by molar-refractivity contribution is -0.117. The monoisotopic (exact) mass is 502 g/mol. The third-order valence-corrected chi connectivity index (χ3v) is 7.30. The number of carbonyl (C=O) groups is 3. The summed E-state index contributed by atoms with van der Waals surface area (Å²) < 4.78 is 10.6. The zero-order valence-electron chi connectivity index (χ0n) is 19.8. The first kappa shape index (κ1) is 23.5. The summed E-state index contributed by atoms with van der Waals surface area (Å²) >= 11 is 0.962. The average molecular weight is 503 g/mol. The Bertz CT molecular complexity index is 1510. The summed E-state index contributed by atoms with van der Waals surface area (Å²) in [7, 11) is 1.26. The number of carbonyl (C=O) groups excluding carboxylic acids is 3. The average Bonchev–Trinajstić information content (AvgIpc) is 3.57. The number of para-hydroxylation sites is 1. The van der Waals surface area contributed by atoms with Gasteiger partial charge < -0.3 is 14.3 Å². The van der Waals surface area contributed by atoms with Crippen LogP contribution in [-0.2, 0) is 16.0 Å². The molecule has 1 amide bonds. The van der Waals surface area contributed by atoms with Gasteiger partial charge in [0.25, 0.3) is 5.91 Å². The molecule has 0 saturated carbocycles. The number of Topliss-reactive ketones (excluding diaryl/α,β-unsaturated/α-hetero) is 1. The van der Waals surface area contributed by atoms with E-state index in [2.05, 4.69) is 4.98 Å². The number of amides is 1. The molecular formula is C27H22N2O6S. The number of fused-ring (bicyclic) bond motifs is 1. The zero-order valence-corrected chi connectivity index (χ0v) is 20.6. The molecule has 9 heteroatoms. The van der Waals surface area contributed by atoms with Gasteiger partial charge in [-0.05, 0) is 36.6 Å². The maximum Gasteiger partial charge on any atom is 0.350 e. The summed E-state index contributed by atoms with van der Waals surface area (Å²) in [6.07, 6.45) is 0.813. The number of aliphatic hydroxyl groups is 1. The maximum atomic E-state index is 13.7. The highest BCUT2D eigenvalue weighted by Crippen LogP contribution is 2.44. The smallest absolute Gasteiger partial charge is 0.350 e. The number of ketones is 1. The van der Waals surface area contributed by atoms with Gasteiger partial charge in [-0.1, -0.05) is 60.7 Å². The van der Waals surface area contributed by atoms with Crippen molar-refractivity contribution >= 4 is 45.1 Å². The largest absolute Gasteiger partial charge is 0.503 e. The van der Waals surface area contributed by atoms with E-state index in [9.17, 15) is 19.5 Å². The molecule has 0 spiro atoms. The number of furan rings is 1. The van der Waals surface area contributed by atoms with Crippen molar-refractivity contribution in [3.63, 3.8) is 0 Å². The third kappa shape index (κ3) is 3.77. The molecule has 1 N–H and O–H groups in total. The lowest BCUT2D eigenvalue weighted by atomic mass is 9.94. The van der Waals surface area contributed by atoms with E-state index in [0.29, 0.717) is 16.8 Å². The molecule has 8 nitrogen and oxygen atoms in total. The molecule has 0 fully saturated rings. The molecule has 1 atom stereocenters. The molecule has 36 heavy (non-hydrogen) atoms. The number of nitrogens with zero attached hydrogens (tertiary/aromatic N) is 2. The van der Waals surface area contributed by atoms with E-state index in [-0.39, 0.29) is 21.3 Å². The number of aromatic nitrogens is 1. The van der Waals surface area contributed by atoms with Gasteiger partial charge in [0.05, 0.1) is 24.4 Å². The molecule has 0 saturated heterocycles. The second-order valence-corrected chi connectivity index (χ2v) is 9.29. The Hall–Kier alpha value is -4.24. The highest BCUT2D eigenvalue weighted by atomic mass is 32.1.